The summed E-state index contributed by atoms with van der Waals surface area (Å²) in [6.45, 7) is 0. The van der Waals surface area contributed by atoms with Crippen molar-refractivity contribution in [3.05, 3.63) is 75.4 Å². The molecule has 3 aromatic carbocycles. The lowest BCUT2D eigenvalue weighted by molar-refractivity contribution is 0.419. The predicted molar refractivity (Wildman–Crippen MR) is 100 cm³/mol. The molecule has 0 aliphatic heterocycles. The van der Waals surface area contributed by atoms with Crippen molar-refractivity contribution in [1.29, 1.82) is 0 Å². The third-order valence-corrected chi connectivity index (χ3v) is 5.31. The number of methoxy groups -OCH3 is 1. The molecule has 0 radical (unpaired) electrons. The Hall–Kier alpha value is -1.07. The summed E-state index contributed by atoms with van der Waals surface area (Å²) in [4.78, 5) is 0.172. The number of ether oxygens (including phenoxy) is 1. The first-order valence-electron chi connectivity index (χ1n) is 6.66. The fourth-order valence-corrected chi connectivity index (χ4v) is 3.57. The van der Waals surface area contributed by atoms with Gasteiger partial charge in [-0.1, -0.05) is 58.4 Å². The second kappa shape index (κ2) is 6.36. The van der Waals surface area contributed by atoms with Crippen LogP contribution in [0.5, 0.6) is 5.75 Å². The van der Waals surface area contributed by atoms with Crippen molar-refractivity contribution in [3.63, 3.8) is 0 Å². The first-order valence-corrected chi connectivity index (χ1v) is 8.65. The average Bonchev–Trinajstić information content (AvgIpc) is 2.54. The zero-order chi connectivity index (χ0) is 14.8. The molecule has 0 bridgehead atoms. The van der Waals surface area contributed by atoms with E-state index in [0.29, 0.717) is 0 Å². The molecule has 0 N–H and O–H groups in total. The molecule has 3 heteroatoms. The summed E-state index contributed by atoms with van der Waals surface area (Å²) < 4.78 is 6.71. The zero-order valence-electron chi connectivity index (χ0n) is 11.5. The Morgan fingerprint density at radius 1 is 0.905 bits per heavy atom. The van der Waals surface area contributed by atoms with Gasteiger partial charge in [-0.25, -0.2) is 0 Å². The van der Waals surface area contributed by atoms with Crippen LogP contribution in [0, 0.1) is 3.57 Å². The molecule has 3 aromatic rings. The molecule has 0 spiro atoms. The first kappa shape index (κ1) is 14.9. The molecule has 0 fully saturated rings. The fraction of sp³-hybridized carbons (Fsp3) is 0.111. The summed E-state index contributed by atoms with van der Waals surface area (Å²) in [5.74, 6) is 0.914. The van der Waals surface area contributed by atoms with Crippen molar-refractivity contribution >= 4 is 49.3 Å². The molecule has 106 valence electrons. The minimum atomic E-state index is 0.172. The van der Waals surface area contributed by atoms with Gasteiger partial charge in [-0.05, 0) is 57.3 Å². The molecule has 1 unspecified atom stereocenters. The van der Waals surface area contributed by atoms with Gasteiger partial charge in [0.05, 0.1) is 11.9 Å². The number of fused-ring (bicyclic) bond motifs is 1. The number of alkyl halides is 1. The van der Waals surface area contributed by atoms with E-state index in [4.69, 9.17) is 4.74 Å². The molecule has 1 atom stereocenters. The molecule has 0 saturated heterocycles. The fourth-order valence-electron chi connectivity index (χ4n) is 2.51. The van der Waals surface area contributed by atoms with E-state index in [2.05, 4.69) is 87.1 Å². The largest absolute Gasteiger partial charge is 0.496 e. The zero-order valence-corrected chi connectivity index (χ0v) is 15.3. The Morgan fingerprint density at radius 2 is 1.57 bits per heavy atom. The number of benzene rings is 3. The predicted octanol–water partition coefficient (Wildman–Crippen LogP) is 5.94. The first-order chi connectivity index (χ1) is 10.2. The normalized spacial score (nSPS) is 12.3. The minimum absolute atomic E-state index is 0.172. The molecule has 21 heavy (non-hydrogen) atoms. The molecule has 1 nitrogen and oxygen atoms in total. The van der Waals surface area contributed by atoms with Gasteiger partial charge in [0.15, 0.2) is 0 Å². The van der Waals surface area contributed by atoms with Crippen LogP contribution in [0.3, 0.4) is 0 Å². The number of halogens is 2. The maximum atomic E-state index is 5.47. The van der Waals surface area contributed by atoms with Gasteiger partial charge in [0.25, 0.3) is 0 Å². The van der Waals surface area contributed by atoms with Gasteiger partial charge < -0.3 is 4.74 Å². The Labute approximate surface area is 146 Å². The van der Waals surface area contributed by atoms with E-state index in [1.54, 1.807) is 7.11 Å². The Bertz CT molecular complexity index is 768. The molecule has 0 saturated carbocycles. The molecular formula is C18H14BrIO. The van der Waals surface area contributed by atoms with Gasteiger partial charge in [-0.2, -0.15) is 0 Å². The summed E-state index contributed by atoms with van der Waals surface area (Å²) in [6.07, 6.45) is 0. The van der Waals surface area contributed by atoms with E-state index in [0.717, 1.165) is 11.1 Å². The van der Waals surface area contributed by atoms with Crippen LogP contribution in [-0.4, -0.2) is 7.11 Å². The summed E-state index contributed by atoms with van der Waals surface area (Å²) >= 11 is 6.17. The maximum Gasteiger partial charge on any atom is 0.126 e. The van der Waals surface area contributed by atoms with Gasteiger partial charge in [0.1, 0.15) is 5.75 Å². The lowest BCUT2D eigenvalue weighted by Gasteiger charge is -2.15. The van der Waals surface area contributed by atoms with E-state index in [-0.39, 0.29) is 4.83 Å². The third-order valence-electron chi connectivity index (χ3n) is 3.57. The highest BCUT2D eigenvalue weighted by atomic mass is 127. The summed E-state index contributed by atoms with van der Waals surface area (Å²) in [6, 6.07) is 21.1. The second-order valence-corrected chi connectivity index (χ2v) is 6.98. The summed E-state index contributed by atoms with van der Waals surface area (Å²) in [7, 11) is 1.71. The van der Waals surface area contributed by atoms with E-state index in [1.807, 2.05) is 12.1 Å². The van der Waals surface area contributed by atoms with Crippen molar-refractivity contribution < 1.29 is 4.74 Å². The highest BCUT2D eigenvalue weighted by molar-refractivity contribution is 14.1. The lowest BCUT2D eigenvalue weighted by atomic mass is 9.98. The van der Waals surface area contributed by atoms with Crippen LogP contribution >= 0.6 is 38.5 Å². The molecular weight excluding hydrogens is 439 g/mol. The van der Waals surface area contributed by atoms with Crippen LogP contribution in [0.25, 0.3) is 10.8 Å². The second-order valence-electron chi connectivity index (χ2n) is 4.82. The monoisotopic (exact) mass is 452 g/mol. The molecule has 0 amide bonds. The highest BCUT2D eigenvalue weighted by Crippen LogP contribution is 2.38. The van der Waals surface area contributed by atoms with Crippen molar-refractivity contribution in [1.82, 2.24) is 0 Å². The van der Waals surface area contributed by atoms with Gasteiger partial charge in [0, 0.05) is 8.96 Å². The maximum absolute atomic E-state index is 5.47. The summed E-state index contributed by atoms with van der Waals surface area (Å²) in [5, 5.41) is 2.37. The molecule has 3 rings (SSSR count). The Kier molecular flexibility index (Phi) is 4.50. The van der Waals surface area contributed by atoms with E-state index >= 15 is 0 Å². The van der Waals surface area contributed by atoms with Crippen molar-refractivity contribution in [2.75, 3.05) is 7.11 Å². The van der Waals surface area contributed by atoms with Gasteiger partial charge in [0.2, 0.25) is 0 Å². The van der Waals surface area contributed by atoms with Crippen LogP contribution in [0.15, 0.2) is 60.7 Å². The topological polar surface area (TPSA) is 9.23 Å². The number of hydrogen-bond acceptors (Lipinski definition) is 1. The highest BCUT2D eigenvalue weighted by Gasteiger charge is 2.15. The molecule has 0 aliphatic rings. The van der Waals surface area contributed by atoms with Gasteiger partial charge >= 0.3 is 0 Å². The Morgan fingerprint density at radius 3 is 2.24 bits per heavy atom. The molecule has 0 heterocycles. The van der Waals surface area contributed by atoms with Gasteiger partial charge in [-0.15, -0.1) is 0 Å². The Balaban J connectivity index is 2.14. The van der Waals surface area contributed by atoms with Crippen LogP contribution in [0.2, 0.25) is 0 Å². The molecule has 0 aliphatic carbocycles. The molecule has 0 aromatic heterocycles. The van der Waals surface area contributed by atoms with Crippen LogP contribution in [-0.2, 0) is 0 Å². The van der Waals surface area contributed by atoms with E-state index < -0.39 is 0 Å². The van der Waals surface area contributed by atoms with Crippen LogP contribution in [0.4, 0.5) is 0 Å². The number of hydrogen-bond donors (Lipinski definition) is 0. The van der Waals surface area contributed by atoms with Crippen molar-refractivity contribution in [3.8, 4) is 5.75 Å². The lowest BCUT2D eigenvalue weighted by Crippen LogP contribution is -1.95. The van der Waals surface area contributed by atoms with E-state index in [1.165, 1.54) is 20.1 Å². The van der Waals surface area contributed by atoms with Crippen LogP contribution < -0.4 is 4.74 Å². The summed E-state index contributed by atoms with van der Waals surface area (Å²) in [5.41, 5.74) is 2.51. The quantitative estimate of drug-likeness (QED) is 0.353. The minimum Gasteiger partial charge on any atom is -0.496 e. The third kappa shape index (κ3) is 2.94. The van der Waals surface area contributed by atoms with Gasteiger partial charge in [-0.3, -0.25) is 0 Å². The average molecular weight is 453 g/mol. The van der Waals surface area contributed by atoms with Crippen molar-refractivity contribution in [2.45, 2.75) is 4.83 Å². The SMILES string of the molecule is COc1ccc(C(Br)c2ccc(I)cc2)c2ccccc12. The number of rotatable bonds is 3. The van der Waals surface area contributed by atoms with E-state index in [9.17, 15) is 0 Å². The smallest absolute Gasteiger partial charge is 0.126 e. The van der Waals surface area contributed by atoms with Crippen LogP contribution in [0.1, 0.15) is 16.0 Å². The standard InChI is InChI=1S/C18H14BrIO/c1-21-17-11-10-16(14-4-2-3-5-15(14)17)18(19)12-6-8-13(20)9-7-12/h2-11,18H,1H3. The van der Waals surface area contributed by atoms with Crippen molar-refractivity contribution in [2.24, 2.45) is 0 Å².